The summed E-state index contributed by atoms with van der Waals surface area (Å²) in [5.74, 6) is 2.04. The molecule has 0 amide bonds. The molecule has 4 nitrogen and oxygen atoms in total. The molecule has 0 unspecified atom stereocenters. The van der Waals surface area contributed by atoms with Gasteiger partial charge in [0, 0.05) is 25.5 Å². The van der Waals surface area contributed by atoms with Gasteiger partial charge in [0.1, 0.15) is 5.82 Å². The van der Waals surface area contributed by atoms with Crippen LogP contribution in [0, 0.1) is 5.92 Å². The third kappa shape index (κ3) is 3.54. The minimum absolute atomic E-state index is 0.853. The molecule has 1 aromatic rings. The van der Waals surface area contributed by atoms with Crippen molar-refractivity contribution in [2.75, 3.05) is 26.7 Å². The molecule has 0 aliphatic carbocycles. The number of nitrogens with one attached hydrogen (secondary N) is 1. The summed E-state index contributed by atoms with van der Waals surface area (Å²) in [7, 11) is 2.21. The monoisotopic (exact) mass is 236 g/mol. The van der Waals surface area contributed by atoms with Crippen molar-refractivity contribution in [3.63, 3.8) is 0 Å². The van der Waals surface area contributed by atoms with Crippen LogP contribution in [0.15, 0.2) is 12.4 Å². The van der Waals surface area contributed by atoms with E-state index >= 15 is 0 Å². The highest BCUT2D eigenvalue weighted by atomic mass is 15.2. The highest BCUT2D eigenvalue weighted by molar-refractivity contribution is 4.92. The third-order valence-corrected chi connectivity index (χ3v) is 3.58. The molecule has 1 saturated heterocycles. The first kappa shape index (κ1) is 12.6. The van der Waals surface area contributed by atoms with E-state index in [-0.39, 0.29) is 0 Å². The molecule has 2 heterocycles. The van der Waals surface area contributed by atoms with Crippen molar-refractivity contribution in [2.45, 2.75) is 32.9 Å². The molecule has 0 aromatic carbocycles. The zero-order chi connectivity index (χ0) is 12.1. The van der Waals surface area contributed by atoms with Crippen LogP contribution in [-0.4, -0.2) is 41.1 Å². The SMILES string of the molecule is CCn1ccnc1CN(C)CC1CCNCC1. The Labute approximate surface area is 104 Å². The zero-order valence-electron chi connectivity index (χ0n) is 11.0. The van der Waals surface area contributed by atoms with Crippen molar-refractivity contribution in [3.8, 4) is 0 Å². The van der Waals surface area contributed by atoms with E-state index in [1.165, 1.54) is 38.3 Å². The van der Waals surface area contributed by atoms with Crippen molar-refractivity contribution >= 4 is 0 Å². The average molecular weight is 236 g/mol. The maximum Gasteiger partial charge on any atom is 0.122 e. The number of imidazole rings is 1. The predicted molar refractivity (Wildman–Crippen MR) is 69.8 cm³/mol. The molecule has 96 valence electrons. The molecule has 0 atom stereocenters. The topological polar surface area (TPSA) is 33.1 Å². The molecule has 0 bridgehead atoms. The van der Waals surface area contributed by atoms with Crippen LogP contribution >= 0.6 is 0 Å². The molecule has 0 radical (unpaired) electrons. The predicted octanol–water partition coefficient (Wildman–Crippen LogP) is 1.33. The van der Waals surface area contributed by atoms with Gasteiger partial charge < -0.3 is 9.88 Å². The third-order valence-electron chi connectivity index (χ3n) is 3.58. The van der Waals surface area contributed by atoms with Gasteiger partial charge in [0.05, 0.1) is 6.54 Å². The van der Waals surface area contributed by atoms with E-state index in [1.54, 1.807) is 0 Å². The molecule has 1 N–H and O–H groups in total. The lowest BCUT2D eigenvalue weighted by Crippen LogP contribution is -2.34. The average Bonchev–Trinajstić information content (AvgIpc) is 2.77. The molecule has 0 spiro atoms. The smallest absolute Gasteiger partial charge is 0.122 e. The van der Waals surface area contributed by atoms with Crippen LogP contribution in [0.3, 0.4) is 0 Å². The Morgan fingerprint density at radius 3 is 2.94 bits per heavy atom. The van der Waals surface area contributed by atoms with Gasteiger partial charge in [0.2, 0.25) is 0 Å². The highest BCUT2D eigenvalue weighted by Gasteiger charge is 2.15. The lowest BCUT2D eigenvalue weighted by Gasteiger charge is -2.27. The molecule has 1 aliphatic rings. The summed E-state index contributed by atoms with van der Waals surface area (Å²) in [6.45, 7) is 7.70. The maximum absolute atomic E-state index is 4.43. The number of aryl methyl sites for hydroxylation is 1. The normalized spacial score (nSPS) is 17.8. The summed E-state index contributed by atoms with van der Waals surface area (Å²) in [5, 5.41) is 3.42. The van der Waals surface area contributed by atoms with Gasteiger partial charge in [-0.05, 0) is 45.8 Å². The first-order valence-corrected chi connectivity index (χ1v) is 6.69. The number of rotatable bonds is 5. The van der Waals surface area contributed by atoms with Crippen LogP contribution < -0.4 is 5.32 Å². The zero-order valence-corrected chi connectivity index (χ0v) is 11.0. The van der Waals surface area contributed by atoms with E-state index in [0.29, 0.717) is 0 Å². The number of hydrogen-bond acceptors (Lipinski definition) is 3. The van der Waals surface area contributed by atoms with E-state index in [2.05, 4.69) is 39.9 Å². The van der Waals surface area contributed by atoms with Gasteiger partial charge in [-0.15, -0.1) is 0 Å². The summed E-state index contributed by atoms with van der Waals surface area (Å²) >= 11 is 0. The first-order chi connectivity index (χ1) is 8.29. The maximum atomic E-state index is 4.43. The molecule has 0 saturated carbocycles. The Balaban J connectivity index is 1.82. The first-order valence-electron chi connectivity index (χ1n) is 6.69. The summed E-state index contributed by atoms with van der Waals surface area (Å²) in [6.07, 6.45) is 6.59. The Morgan fingerprint density at radius 1 is 1.47 bits per heavy atom. The molecular weight excluding hydrogens is 212 g/mol. The Bertz CT molecular complexity index is 328. The number of hydrogen-bond donors (Lipinski definition) is 1. The van der Waals surface area contributed by atoms with Crippen LogP contribution in [0.1, 0.15) is 25.6 Å². The van der Waals surface area contributed by atoms with Crippen LogP contribution in [0.4, 0.5) is 0 Å². The summed E-state index contributed by atoms with van der Waals surface area (Å²) in [5.41, 5.74) is 0. The number of piperidine rings is 1. The fraction of sp³-hybridized carbons (Fsp3) is 0.769. The Hall–Kier alpha value is -0.870. The molecule has 1 aliphatic heterocycles. The van der Waals surface area contributed by atoms with Crippen molar-refractivity contribution < 1.29 is 0 Å². The lowest BCUT2D eigenvalue weighted by atomic mass is 9.98. The second-order valence-electron chi connectivity index (χ2n) is 5.02. The molecule has 4 heteroatoms. The van der Waals surface area contributed by atoms with Crippen LogP contribution in [0.2, 0.25) is 0 Å². The van der Waals surface area contributed by atoms with Crippen LogP contribution in [0.5, 0.6) is 0 Å². The van der Waals surface area contributed by atoms with E-state index in [1.807, 2.05) is 6.20 Å². The second-order valence-corrected chi connectivity index (χ2v) is 5.02. The van der Waals surface area contributed by atoms with Crippen LogP contribution in [0.25, 0.3) is 0 Å². The summed E-state index contributed by atoms with van der Waals surface area (Å²) in [4.78, 5) is 6.84. The van der Waals surface area contributed by atoms with Gasteiger partial charge in [-0.2, -0.15) is 0 Å². The standard InChI is InChI=1S/C13H24N4/c1-3-17-9-8-15-13(17)11-16(2)10-12-4-6-14-7-5-12/h8-9,12,14H,3-7,10-11H2,1-2H3. The largest absolute Gasteiger partial charge is 0.334 e. The highest BCUT2D eigenvalue weighted by Crippen LogP contribution is 2.13. The second kappa shape index (κ2) is 6.17. The van der Waals surface area contributed by atoms with Gasteiger partial charge in [0.25, 0.3) is 0 Å². The molecule has 1 fully saturated rings. The lowest BCUT2D eigenvalue weighted by molar-refractivity contribution is 0.228. The van der Waals surface area contributed by atoms with E-state index < -0.39 is 0 Å². The molecular formula is C13H24N4. The van der Waals surface area contributed by atoms with Crippen molar-refractivity contribution in [1.82, 2.24) is 19.8 Å². The summed E-state index contributed by atoms with van der Waals surface area (Å²) in [6, 6.07) is 0. The van der Waals surface area contributed by atoms with Gasteiger partial charge in [-0.25, -0.2) is 4.98 Å². The van der Waals surface area contributed by atoms with Crippen LogP contribution in [-0.2, 0) is 13.1 Å². The number of aromatic nitrogens is 2. The van der Waals surface area contributed by atoms with E-state index in [4.69, 9.17) is 0 Å². The number of nitrogens with zero attached hydrogens (tertiary/aromatic N) is 3. The van der Waals surface area contributed by atoms with E-state index in [0.717, 1.165) is 19.0 Å². The molecule has 2 rings (SSSR count). The molecule has 17 heavy (non-hydrogen) atoms. The van der Waals surface area contributed by atoms with Crippen molar-refractivity contribution in [3.05, 3.63) is 18.2 Å². The fourth-order valence-electron chi connectivity index (χ4n) is 2.59. The Kier molecular flexibility index (Phi) is 4.57. The van der Waals surface area contributed by atoms with Gasteiger partial charge in [-0.1, -0.05) is 0 Å². The van der Waals surface area contributed by atoms with Gasteiger partial charge in [-0.3, -0.25) is 4.90 Å². The Morgan fingerprint density at radius 2 is 2.24 bits per heavy atom. The minimum atomic E-state index is 0.853. The molecule has 1 aromatic heterocycles. The van der Waals surface area contributed by atoms with Gasteiger partial charge in [0.15, 0.2) is 0 Å². The fourth-order valence-corrected chi connectivity index (χ4v) is 2.59. The van der Waals surface area contributed by atoms with Crippen molar-refractivity contribution in [2.24, 2.45) is 5.92 Å². The van der Waals surface area contributed by atoms with E-state index in [9.17, 15) is 0 Å². The summed E-state index contributed by atoms with van der Waals surface area (Å²) < 4.78 is 2.22. The van der Waals surface area contributed by atoms with Gasteiger partial charge >= 0.3 is 0 Å². The minimum Gasteiger partial charge on any atom is -0.334 e. The quantitative estimate of drug-likeness (QED) is 0.837. The van der Waals surface area contributed by atoms with Crippen molar-refractivity contribution in [1.29, 1.82) is 0 Å².